The molecule has 2 saturated heterocycles. The number of alkyl halides is 6. The Hall–Kier alpha value is -3.15. The lowest BCUT2D eigenvalue weighted by Crippen LogP contribution is -2.63. The van der Waals surface area contributed by atoms with Crippen LogP contribution in [0.4, 0.5) is 30.7 Å². The van der Waals surface area contributed by atoms with Gasteiger partial charge < -0.3 is 9.80 Å². The van der Waals surface area contributed by atoms with Crippen molar-refractivity contribution in [3.63, 3.8) is 0 Å². The van der Waals surface area contributed by atoms with Crippen molar-refractivity contribution in [3.05, 3.63) is 70.0 Å². The fourth-order valence-corrected chi connectivity index (χ4v) is 5.98. The Labute approximate surface area is 240 Å². The summed E-state index contributed by atoms with van der Waals surface area (Å²) in [6.45, 7) is 7.01. The third-order valence-electron chi connectivity index (χ3n) is 8.65. The minimum absolute atomic E-state index is 0.0566. The van der Waals surface area contributed by atoms with Crippen LogP contribution in [0.2, 0.25) is 0 Å². The Morgan fingerprint density at radius 1 is 0.976 bits per heavy atom. The number of amides is 2. The lowest BCUT2D eigenvalue weighted by atomic mass is 9.77. The Morgan fingerprint density at radius 3 is 2.10 bits per heavy atom. The van der Waals surface area contributed by atoms with Crippen LogP contribution in [-0.2, 0) is 21.9 Å². The van der Waals surface area contributed by atoms with Crippen LogP contribution in [0.5, 0.6) is 0 Å². The number of aryl methyl sites for hydroxylation is 1. The van der Waals surface area contributed by atoms with E-state index in [1.807, 2.05) is 0 Å². The van der Waals surface area contributed by atoms with Gasteiger partial charge in [-0.15, -0.1) is 0 Å². The molecule has 4 rings (SSSR count). The third kappa shape index (κ3) is 6.58. The SMILES string of the molecule is CCC(=O)N1CC(N2CC[C@H](C(=O)N(C)[C@H](C)c3cc(C(F)(F)F)cc(C(F)(F)F)c3)[C@@H](c3ccc(F)cc3C)C2)C1. The topological polar surface area (TPSA) is 43.9 Å². The van der Waals surface area contributed by atoms with E-state index in [2.05, 4.69) is 4.90 Å². The number of likely N-dealkylation sites (tertiary alicyclic amines) is 2. The highest BCUT2D eigenvalue weighted by Gasteiger charge is 2.43. The van der Waals surface area contributed by atoms with Gasteiger partial charge in [0.05, 0.1) is 17.2 Å². The van der Waals surface area contributed by atoms with Gasteiger partial charge in [-0.3, -0.25) is 14.5 Å². The molecule has 2 aromatic carbocycles. The molecule has 12 heteroatoms. The molecule has 3 atom stereocenters. The van der Waals surface area contributed by atoms with Crippen LogP contribution in [0.15, 0.2) is 36.4 Å². The molecule has 2 heterocycles. The van der Waals surface area contributed by atoms with Crippen LogP contribution in [-0.4, -0.2) is 65.8 Å². The molecule has 2 aliphatic heterocycles. The first-order valence-corrected chi connectivity index (χ1v) is 13.8. The van der Waals surface area contributed by atoms with Crippen molar-refractivity contribution in [1.29, 1.82) is 0 Å². The van der Waals surface area contributed by atoms with Gasteiger partial charge in [0.1, 0.15) is 5.82 Å². The second-order valence-electron chi connectivity index (χ2n) is 11.3. The standard InChI is InChI=1S/C30H34F7N3O2/c1-5-27(41)40-14-23(15-40)39-9-8-25(26(16-39)24-7-6-22(31)10-17(24)2)28(42)38(4)18(3)19-11-20(29(32,33)34)13-21(12-19)30(35,36)37/h6-7,10-13,18,23,25-26H,5,8-9,14-16H2,1-4H3/t18-,25+,26-/m1/s1. The molecule has 0 unspecified atom stereocenters. The monoisotopic (exact) mass is 601 g/mol. The van der Waals surface area contributed by atoms with Crippen LogP contribution >= 0.6 is 0 Å². The van der Waals surface area contributed by atoms with E-state index in [1.54, 1.807) is 24.8 Å². The van der Waals surface area contributed by atoms with Crippen molar-refractivity contribution in [2.75, 3.05) is 33.2 Å². The highest BCUT2D eigenvalue weighted by Crippen LogP contribution is 2.41. The molecule has 5 nitrogen and oxygen atoms in total. The minimum atomic E-state index is -5.00. The van der Waals surface area contributed by atoms with E-state index >= 15 is 0 Å². The first-order valence-electron chi connectivity index (χ1n) is 13.8. The molecule has 0 aromatic heterocycles. The Balaban J connectivity index is 1.61. The molecule has 2 fully saturated rings. The van der Waals surface area contributed by atoms with Crippen LogP contribution in [0.1, 0.15) is 66.5 Å². The zero-order chi connectivity index (χ0) is 31.1. The lowest BCUT2D eigenvalue weighted by molar-refractivity contribution is -0.143. The molecule has 2 amide bonds. The van der Waals surface area contributed by atoms with E-state index in [0.29, 0.717) is 56.7 Å². The maximum atomic E-state index is 14.0. The average Bonchev–Trinajstić information content (AvgIpc) is 2.89. The molecule has 42 heavy (non-hydrogen) atoms. The molecule has 0 saturated carbocycles. The van der Waals surface area contributed by atoms with Crippen LogP contribution in [0.25, 0.3) is 0 Å². The van der Waals surface area contributed by atoms with E-state index in [-0.39, 0.29) is 23.6 Å². The molecule has 0 bridgehead atoms. The summed E-state index contributed by atoms with van der Waals surface area (Å²) in [6.07, 6.45) is -9.22. The smallest absolute Gasteiger partial charge is 0.339 e. The highest BCUT2D eigenvalue weighted by molar-refractivity contribution is 5.80. The van der Waals surface area contributed by atoms with E-state index in [0.717, 1.165) is 5.56 Å². The van der Waals surface area contributed by atoms with E-state index in [4.69, 9.17) is 0 Å². The fourth-order valence-electron chi connectivity index (χ4n) is 5.98. The molecule has 230 valence electrons. The van der Waals surface area contributed by atoms with Crippen molar-refractivity contribution in [1.82, 2.24) is 14.7 Å². The largest absolute Gasteiger partial charge is 0.416 e. The van der Waals surface area contributed by atoms with Gasteiger partial charge in [-0.25, -0.2) is 4.39 Å². The van der Waals surface area contributed by atoms with E-state index in [1.165, 1.54) is 31.0 Å². The predicted octanol–water partition coefficient (Wildman–Crippen LogP) is 6.42. The average molecular weight is 602 g/mol. The Bertz CT molecular complexity index is 1290. The summed E-state index contributed by atoms with van der Waals surface area (Å²) in [5.74, 6) is -1.83. The summed E-state index contributed by atoms with van der Waals surface area (Å²) in [4.78, 5) is 31.1. The molecular formula is C30H34F7N3O2. The summed E-state index contributed by atoms with van der Waals surface area (Å²) in [5, 5.41) is 0. The van der Waals surface area contributed by atoms with Crippen molar-refractivity contribution in [2.24, 2.45) is 5.92 Å². The maximum absolute atomic E-state index is 14.0. The van der Waals surface area contributed by atoms with Gasteiger partial charge in [0.25, 0.3) is 0 Å². The van der Waals surface area contributed by atoms with Crippen molar-refractivity contribution in [2.45, 2.75) is 64.0 Å². The van der Waals surface area contributed by atoms with E-state index < -0.39 is 53.1 Å². The second kappa shape index (κ2) is 11.9. The second-order valence-corrected chi connectivity index (χ2v) is 11.3. The number of nitrogens with zero attached hydrogens (tertiary/aromatic N) is 3. The number of carbonyl (C=O) groups excluding carboxylic acids is 2. The summed E-state index contributed by atoms with van der Waals surface area (Å²) < 4.78 is 94.8. The van der Waals surface area contributed by atoms with E-state index in [9.17, 15) is 40.3 Å². The third-order valence-corrected chi connectivity index (χ3v) is 8.65. The first kappa shape index (κ1) is 31.8. The van der Waals surface area contributed by atoms with Crippen LogP contribution in [0, 0.1) is 18.7 Å². The molecule has 2 aromatic rings. The molecular weight excluding hydrogens is 567 g/mol. The number of hydrogen-bond acceptors (Lipinski definition) is 3. The van der Waals surface area contributed by atoms with Gasteiger partial charge in [-0.2, -0.15) is 26.3 Å². The zero-order valence-corrected chi connectivity index (χ0v) is 23.8. The Kier molecular flexibility index (Phi) is 8.97. The van der Waals surface area contributed by atoms with Crippen LogP contribution in [0.3, 0.4) is 0 Å². The number of hydrogen-bond donors (Lipinski definition) is 0. The number of carbonyl (C=O) groups is 2. The summed E-state index contributed by atoms with van der Waals surface area (Å²) in [5.41, 5.74) is -1.78. The normalized spacial score (nSPS) is 21.2. The van der Waals surface area contributed by atoms with Gasteiger partial charge in [0.15, 0.2) is 0 Å². The summed E-state index contributed by atoms with van der Waals surface area (Å²) in [6, 6.07) is 4.67. The number of benzene rings is 2. The molecule has 0 N–H and O–H groups in total. The minimum Gasteiger partial charge on any atom is -0.339 e. The van der Waals surface area contributed by atoms with Crippen LogP contribution < -0.4 is 0 Å². The Morgan fingerprint density at radius 2 is 1.57 bits per heavy atom. The maximum Gasteiger partial charge on any atom is 0.416 e. The predicted molar refractivity (Wildman–Crippen MR) is 142 cm³/mol. The fraction of sp³-hybridized carbons (Fsp3) is 0.533. The first-order chi connectivity index (χ1) is 19.5. The highest BCUT2D eigenvalue weighted by atomic mass is 19.4. The molecule has 0 spiro atoms. The quantitative estimate of drug-likeness (QED) is 0.359. The van der Waals surface area contributed by atoms with Crippen molar-refractivity contribution < 1.29 is 40.3 Å². The summed E-state index contributed by atoms with van der Waals surface area (Å²) in [7, 11) is 1.38. The van der Waals surface area contributed by atoms with Crippen molar-refractivity contribution in [3.8, 4) is 0 Å². The van der Waals surface area contributed by atoms with Gasteiger partial charge in [0, 0.05) is 51.0 Å². The van der Waals surface area contributed by atoms with Gasteiger partial charge >= 0.3 is 12.4 Å². The van der Waals surface area contributed by atoms with Gasteiger partial charge in [0.2, 0.25) is 11.8 Å². The molecule has 0 radical (unpaired) electrons. The number of halogens is 7. The van der Waals surface area contributed by atoms with Gasteiger partial charge in [-0.1, -0.05) is 13.0 Å². The van der Waals surface area contributed by atoms with Gasteiger partial charge in [-0.05, 0) is 73.8 Å². The molecule has 2 aliphatic rings. The van der Waals surface area contributed by atoms with Crippen molar-refractivity contribution >= 4 is 11.8 Å². The zero-order valence-electron chi connectivity index (χ0n) is 23.8. The molecule has 0 aliphatic carbocycles. The lowest BCUT2D eigenvalue weighted by Gasteiger charge is -2.50. The number of piperidine rings is 1. The number of rotatable bonds is 6. The summed E-state index contributed by atoms with van der Waals surface area (Å²) >= 11 is 0.